The van der Waals surface area contributed by atoms with Crippen molar-refractivity contribution in [3.05, 3.63) is 0 Å². The molecule has 3 aliphatic heterocycles. The highest BCUT2D eigenvalue weighted by atomic mass is 16.1. The van der Waals surface area contributed by atoms with Crippen molar-refractivity contribution < 1.29 is 4.79 Å². The van der Waals surface area contributed by atoms with Crippen molar-refractivity contribution in [2.24, 2.45) is 11.8 Å². The van der Waals surface area contributed by atoms with Crippen LogP contribution >= 0.6 is 0 Å². The summed E-state index contributed by atoms with van der Waals surface area (Å²) in [5, 5.41) is 0. The van der Waals surface area contributed by atoms with Gasteiger partial charge in [-0.05, 0) is 90.8 Å². The van der Waals surface area contributed by atoms with Crippen molar-refractivity contribution in [2.75, 3.05) is 45.8 Å². The van der Waals surface area contributed by atoms with Crippen LogP contribution in [0, 0.1) is 11.8 Å². The Morgan fingerprint density at radius 1 is 0.733 bits per heavy atom. The predicted molar refractivity (Wildman–Crippen MR) is 131 cm³/mol. The van der Waals surface area contributed by atoms with Crippen LogP contribution in [0.1, 0.15) is 93.4 Å². The van der Waals surface area contributed by atoms with E-state index >= 15 is 0 Å². The number of Topliss-reactive ketones (excluding diaryl/α,β-unsaturated/α-hetero) is 1. The monoisotopic (exact) mass is 423 g/mol. The molecule has 0 aliphatic carbocycles. The molecule has 3 fully saturated rings. The number of likely N-dealkylation sites (tertiary alicyclic amines) is 3. The lowest BCUT2D eigenvalue weighted by molar-refractivity contribution is -0.127. The Morgan fingerprint density at radius 2 is 1.13 bits per heavy atom. The van der Waals surface area contributed by atoms with Crippen LogP contribution in [0.2, 0.25) is 0 Å². The van der Waals surface area contributed by atoms with Crippen molar-refractivity contribution in [2.45, 2.75) is 105 Å². The van der Waals surface area contributed by atoms with E-state index in [0.29, 0.717) is 11.7 Å². The third kappa shape index (κ3) is 8.24. The van der Waals surface area contributed by atoms with Crippen molar-refractivity contribution in [1.82, 2.24) is 14.7 Å². The molecule has 0 amide bonds. The molecule has 4 nitrogen and oxygen atoms in total. The van der Waals surface area contributed by atoms with Crippen molar-refractivity contribution in [1.29, 1.82) is 0 Å². The molecule has 3 heterocycles. The maximum absolute atomic E-state index is 12.2. The molecule has 3 saturated heterocycles. The summed E-state index contributed by atoms with van der Waals surface area (Å²) in [6.07, 6.45) is 8.87. The minimum atomic E-state index is 0.207. The topological polar surface area (TPSA) is 26.8 Å². The lowest BCUT2D eigenvalue weighted by Gasteiger charge is -2.45. The van der Waals surface area contributed by atoms with Crippen LogP contribution in [0.4, 0.5) is 0 Å². The molecule has 30 heavy (non-hydrogen) atoms. The van der Waals surface area contributed by atoms with E-state index in [0.717, 1.165) is 38.0 Å². The van der Waals surface area contributed by atoms with Crippen LogP contribution in [0.25, 0.3) is 0 Å². The lowest BCUT2D eigenvalue weighted by atomic mass is 9.86. The Hall–Kier alpha value is -0.450. The van der Waals surface area contributed by atoms with Gasteiger partial charge in [0.25, 0.3) is 0 Å². The Labute approximate surface area is 188 Å². The van der Waals surface area contributed by atoms with E-state index in [1.54, 1.807) is 0 Å². The van der Waals surface area contributed by atoms with E-state index in [1.165, 1.54) is 64.8 Å². The van der Waals surface area contributed by atoms with Gasteiger partial charge in [-0.1, -0.05) is 48.5 Å². The Bertz CT molecular complexity index is 430. The number of carbonyl (C=O) groups excluding carboxylic acids is 1. The smallest absolute Gasteiger partial charge is 0.138 e. The van der Waals surface area contributed by atoms with Crippen molar-refractivity contribution >= 4 is 5.78 Å². The van der Waals surface area contributed by atoms with Gasteiger partial charge in [-0.2, -0.15) is 0 Å². The summed E-state index contributed by atoms with van der Waals surface area (Å²) in [7, 11) is 0. The minimum Gasteiger partial charge on any atom is -0.303 e. The number of hydrogen-bond acceptors (Lipinski definition) is 4. The Morgan fingerprint density at radius 3 is 1.53 bits per heavy atom. The molecule has 0 unspecified atom stereocenters. The lowest BCUT2D eigenvalue weighted by Crippen LogP contribution is -2.52. The van der Waals surface area contributed by atoms with Gasteiger partial charge in [0.1, 0.15) is 5.78 Å². The van der Waals surface area contributed by atoms with Gasteiger partial charge in [-0.25, -0.2) is 0 Å². The van der Waals surface area contributed by atoms with Crippen LogP contribution in [-0.2, 0) is 4.79 Å². The van der Waals surface area contributed by atoms with Crippen molar-refractivity contribution in [3.63, 3.8) is 0 Å². The molecule has 178 valence electrons. The normalized spacial score (nSPS) is 23.5. The molecular formula is C26H53N3O. The van der Waals surface area contributed by atoms with Gasteiger partial charge in [-0.3, -0.25) is 4.79 Å². The average molecular weight is 424 g/mol. The highest BCUT2D eigenvalue weighted by Crippen LogP contribution is 2.28. The largest absolute Gasteiger partial charge is 0.303 e. The molecule has 0 aromatic carbocycles. The van der Waals surface area contributed by atoms with Gasteiger partial charge in [0.15, 0.2) is 0 Å². The third-order valence-electron chi connectivity index (χ3n) is 7.13. The molecule has 3 aliphatic rings. The van der Waals surface area contributed by atoms with Crippen LogP contribution in [0.3, 0.4) is 0 Å². The molecule has 0 atom stereocenters. The van der Waals surface area contributed by atoms with Crippen LogP contribution in [0.15, 0.2) is 0 Å². The second kappa shape index (κ2) is 15.4. The van der Waals surface area contributed by atoms with Crippen LogP contribution < -0.4 is 0 Å². The second-order valence-electron chi connectivity index (χ2n) is 9.21. The van der Waals surface area contributed by atoms with Gasteiger partial charge in [-0.15, -0.1) is 0 Å². The molecule has 4 heteroatoms. The summed E-state index contributed by atoms with van der Waals surface area (Å²) in [6, 6.07) is 1.60. The zero-order valence-corrected chi connectivity index (χ0v) is 21.5. The quantitative estimate of drug-likeness (QED) is 0.578. The molecule has 0 aromatic heterocycles. The third-order valence-corrected chi connectivity index (χ3v) is 7.13. The summed E-state index contributed by atoms with van der Waals surface area (Å²) in [5.41, 5.74) is 0. The van der Waals surface area contributed by atoms with Crippen LogP contribution in [0.5, 0.6) is 0 Å². The number of hydrogen-bond donors (Lipinski definition) is 0. The standard InChI is InChI=1S/C22H41N3O.2C2H6/c1-4-11-23-12-7-20(8-13-23)25-16-9-21(10-17-25)24-14-5-19(6-15-24)22(26)18(2)3;2*1-2/h18-21H,4-17H2,1-3H3;2*1-2H3. The predicted octanol–water partition coefficient (Wildman–Crippen LogP) is 5.31. The van der Waals surface area contributed by atoms with E-state index in [4.69, 9.17) is 0 Å². The molecule has 0 aromatic rings. The average Bonchev–Trinajstić information content (AvgIpc) is 2.82. The van der Waals surface area contributed by atoms with Crippen LogP contribution in [-0.4, -0.2) is 78.4 Å². The number of ketones is 1. The summed E-state index contributed by atoms with van der Waals surface area (Å²) in [5.74, 6) is 1.03. The van der Waals surface area contributed by atoms with Gasteiger partial charge in [0, 0.05) is 23.9 Å². The van der Waals surface area contributed by atoms with E-state index in [9.17, 15) is 4.79 Å². The van der Waals surface area contributed by atoms with Gasteiger partial charge >= 0.3 is 0 Å². The van der Waals surface area contributed by atoms with Gasteiger partial charge in [0.2, 0.25) is 0 Å². The first kappa shape index (κ1) is 27.6. The van der Waals surface area contributed by atoms with E-state index in [1.807, 2.05) is 27.7 Å². The first-order valence-corrected chi connectivity index (χ1v) is 13.3. The number of nitrogens with zero attached hydrogens (tertiary/aromatic N) is 3. The Balaban J connectivity index is 0.00000106. The molecule has 0 saturated carbocycles. The maximum Gasteiger partial charge on any atom is 0.138 e. The summed E-state index contributed by atoms with van der Waals surface area (Å²) in [6.45, 7) is 23.1. The fourth-order valence-electron chi connectivity index (χ4n) is 5.46. The maximum atomic E-state index is 12.2. The molecule has 0 spiro atoms. The summed E-state index contributed by atoms with van der Waals surface area (Å²) >= 11 is 0. The molecule has 0 N–H and O–H groups in total. The zero-order chi connectivity index (χ0) is 22.5. The number of rotatable bonds is 6. The SMILES string of the molecule is CC.CC.CCCN1CCC(N2CCC(N3CCC(C(=O)C(C)C)CC3)CC2)CC1. The van der Waals surface area contributed by atoms with E-state index in [-0.39, 0.29) is 5.92 Å². The highest BCUT2D eigenvalue weighted by Gasteiger charge is 2.33. The van der Waals surface area contributed by atoms with Gasteiger partial charge < -0.3 is 14.7 Å². The summed E-state index contributed by atoms with van der Waals surface area (Å²) < 4.78 is 0. The fraction of sp³-hybridized carbons (Fsp3) is 0.962. The number of carbonyl (C=O) groups is 1. The van der Waals surface area contributed by atoms with E-state index < -0.39 is 0 Å². The zero-order valence-electron chi connectivity index (χ0n) is 21.5. The second-order valence-corrected chi connectivity index (χ2v) is 9.21. The van der Waals surface area contributed by atoms with Gasteiger partial charge in [0.05, 0.1) is 0 Å². The van der Waals surface area contributed by atoms with E-state index in [2.05, 4.69) is 35.5 Å². The minimum absolute atomic E-state index is 0.207. The molecule has 0 radical (unpaired) electrons. The molecule has 0 bridgehead atoms. The molecule has 3 rings (SSSR count). The first-order chi connectivity index (χ1) is 14.6. The Kier molecular flexibility index (Phi) is 14.1. The highest BCUT2D eigenvalue weighted by molar-refractivity contribution is 5.82. The summed E-state index contributed by atoms with van der Waals surface area (Å²) in [4.78, 5) is 20.4. The fourth-order valence-corrected chi connectivity index (χ4v) is 5.46. The van der Waals surface area contributed by atoms with Crippen molar-refractivity contribution in [3.8, 4) is 0 Å². The first-order valence-electron chi connectivity index (χ1n) is 13.3. The number of piperidine rings is 3. The molecular weight excluding hydrogens is 370 g/mol.